The first-order chi connectivity index (χ1) is 16.6. The number of amides is 1. The Hall–Kier alpha value is -3.10. The number of amidine groups is 1. The number of carbonyl (C=O) groups is 1. The van der Waals surface area contributed by atoms with Crippen LogP contribution >= 0.6 is 11.8 Å². The van der Waals surface area contributed by atoms with Gasteiger partial charge in [-0.25, -0.2) is 9.38 Å². The van der Waals surface area contributed by atoms with Crippen molar-refractivity contribution in [1.29, 1.82) is 0 Å². The van der Waals surface area contributed by atoms with E-state index < -0.39 is 11.4 Å². The van der Waals surface area contributed by atoms with Gasteiger partial charge in [-0.15, -0.1) is 0 Å². The minimum Gasteiger partial charge on any atom is -0.301 e. The van der Waals surface area contributed by atoms with Gasteiger partial charge in [-0.1, -0.05) is 67.2 Å². The number of hydrogen-bond donors (Lipinski definition) is 1. The number of benzene rings is 2. The summed E-state index contributed by atoms with van der Waals surface area (Å²) >= 11 is 1.57. The topological polar surface area (TPSA) is 69.4 Å². The number of thioether (sulfide) groups is 1. The van der Waals surface area contributed by atoms with Crippen LogP contribution in [0.2, 0.25) is 0 Å². The van der Waals surface area contributed by atoms with E-state index in [1.165, 1.54) is 0 Å². The Labute approximate surface area is 203 Å². The predicted molar refractivity (Wildman–Crippen MR) is 138 cm³/mol. The van der Waals surface area contributed by atoms with E-state index >= 15 is 0 Å². The van der Waals surface area contributed by atoms with Crippen molar-refractivity contribution in [2.45, 2.75) is 18.9 Å². The summed E-state index contributed by atoms with van der Waals surface area (Å²) in [6, 6.07) is 19.3. The fourth-order valence-electron chi connectivity index (χ4n) is 4.45. The standard InChI is InChI=1S/C26H28FN5OS/c1-3-23(22(27)14-28-2)29-18-32-15-21-16-34-25(30-24(33)19-10-6-4-7-11-19)31-26(21,17-32)20-12-8-5-9-13-20/h4-14,21H,2-3,15-18H2,1H3,(H,30,31,33)/b22-14+,29-23-. The van der Waals surface area contributed by atoms with Crippen molar-refractivity contribution >= 4 is 35.3 Å². The van der Waals surface area contributed by atoms with Gasteiger partial charge in [0, 0.05) is 30.3 Å². The molecule has 2 aromatic rings. The molecule has 2 aromatic carbocycles. The molecule has 4 rings (SSSR count). The van der Waals surface area contributed by atoms with Crippen molar-refractivity contribution in [3.8, 4) is 0 Å². The Bertz CT molecular complexity index is 1120. The van der Waals surface area contributed by atoms with E-state index in [4.69, 9.17) is 4.99 Å². The molecule has 0 bridgehead atoms. The van der Waals surface area contributed by atoms with E-state index in [1.54, 1.807) is 23.9 Å². The van der Waals surface area contributed by atoms with E-state index in [1.807, 2.05) is 43.3 Å². The van der Waals surface area contributed by atoms with Gasteiger partial charge in [0.25, 0.3) is 5.91 Å². The van der Waals surface area contributed by atoms with E-state index in [0.29, 0.717) is 36.1 Å². The average molecular weight is 478 g/mol. The third kappa shape index (κ3) is 5.18. The zero-order chi connectivity index (χ0) is 24.0. The van der Waals surface area contributed by atoms with Gasteiger partial charge in [0.15, 0.2) is 11.0 Å². The minimum atomic E-state index is -0.495. The van der Waals surface area contributed by atoms with Gasteiger partial charge >= 0.3 is 0 Å². The molecule has 1 amide bonds. The first-order valence-electron chi connectivity index (χ1n) is 11.3. The molecule has 0 aromatic heterocycles. The largest absolute Gasteiger partial charge is 0.301 e. The smallest absolute Gasteiger partial charge is 0.257 e. The summed E-state index contributed by atoms with van der Waals surface area (Å²) in [7, 11) is 0. The highest BCUT2D eigenvalue weighted by molar-refractivity contribution is 8.13. The zero-order valence-electron chi connectivity index (χ0n) is 19.2. The van der Waals surface area contributed by atoms with E-state index in [9.17, 15) is 9.18 Å². The second-order valence-electron chi connectivity index (χ2n) is 8.31. The Morgan fingerprint density at radius 1 is 1.26 bits per heavy atom. The van der Waals surface area contributed by atoms with E-state index in [2.05, 4.69) is 39.1 Å². The third-order valence-electron chi connectivity index (χ3n) is 6.15. The van der Waals surface area contributed by atoms with Crippen LogP contribution in [0.5, 0.6) is 0 Å². The molecule has 2 aliphatic rings. The second-order valence-corrected chi connectivity index (χ2v) is 9.31. The number of aliphatic imine (C=N–C) groups is 3. The number of nitrogens with one attached hydrogen (secondary N) is 1. The molecule has 8 heteroatoms. The Balaban J connectivity index is 1.60. The predicted octanol–water partition coefficient (Wildman–Crippen LogP) is 4.67. The van der Waals surface area contributed by atoms with Crippen molar-refractivity contribution in [3.63, 3.8) is 0 Å². The molecule has 1 fully saturated rings. The van der Waals surface area contributed by atoms with Gasteiger partial charge in [-0.05, 0) is 30.8 Å². The summed E-state index contributed by atoms with van der Waals surface area (Å²) in [5.74, 6) is 0.441. The van der Waals surface area contributed by atoms with Crippen LogP contribution in [-0.2, 0) is 5.54 Å². The van der Waals surface area contributed by atoms with Crippen molar-refractivity contribution in [1.82, 2.24) is 10.2 Å². The SMILES string of the molecule is C=N/C=C(F)\C(CC)=N/CN1CC2CSC(NC(=O)c3ccccc3)=NC2(c2ccccc2)C1. The maximum absolute atomic E-state index is 14.2. The van der Waals surface area contributed by atoms with E-state index in [-0.39, 0.29) is 11.8 Å². The summed E-state index contributed by atoms with van der Waals surface area (Å²) in [5, 5.41) is 3.62. The molecular formula is C26H28FN5OS. The van der Waals surface area contributed by atoms with Crippen LogP contribution < -0.4 is 5.32 Å². The van der Waals surface area contributed by atoms with Gasteiger partial charge in [0.1, 0.15) is 5.54 Å². The molecule has 2 atom stereocenters. The molecule has 2 aliphatic heterocycles. The molecule has 2 heterocycles. The lowest BCUT2D eigenvalue weighted by atomic mass is 9.82. The average Bonchev–Trinajstić information content (AvgIpc) is 3.24. The number of rotatable bonds is 7. The number of nitrogens with zero attached hydrogens (tertiary/aromatic N) is 4. The summed E-state index contributed by atoms with van der Waals surface area (Å²) in [4.78, 5) is 28.1. The van der Waals surface area contributed by atoms with Crippen LogP contribution in [0.3, 0.4) is 0 Å². The number of likely N-dealkylation sites (tertiary alicyclic amines) is 1. The monoisotopic (exact) mass is 477 g/mol. The van der Waals surface area contributed by atoms with Crippen LogP contribution in [0, 0.1) is 5.92 Å². The molecule has 1 saturated heterocycles. The van der Waals surface area contributed by atoms with Gasteiger partial charge in [-0.2, -0.15) is 0 Å². The molecule has 0 saturated carbocycles. The minimum absolute atomic E-state index is 0.168. The van der Waals surface area contributed by atoms with Crippen molar-refractivity contribution in [2.75, 3.05) is 25.5 Å². The summed E-state index contributed by atoms with van der Waals surface area (Å²) in [6.07, 6.45) is 1.57. The Morgan fingerprint density at radius 3 is 2.65 bits per heavy atom. The van der Waals surface area contributed by atoms with Crippen LogP contribution in [0.25, 0.3) is 0 Å². The number of carbonyl (C=O) groups excluding carboxylic acids is 1. The molecule has 34 heavy (non-hydrogen) atoms. The van der Waals surface area contributed by atoms with Gasteiger partial charge < -0.3 is 5.32 Å². The number of fused-ring (bicyclic) bond motifs is 1. The van der Waals surface area contributed by atoms with Crippen molar-refractivity contribution in [2.24, 2.45) is 20.9 Å². The summed E-state index contributed by atoms with van der Waals surface area (Å²) in [5.41, 5.74) is 1.59. The Morgan fingerprint density at radius 2 is 1.97 bits per heavy atom. The fourth-order valence-corrected chi connectivity index (χ4v) is 5.59. The second kappa shape index (κ2) is 10.9. The molecule has 2 unspecified atom stereocenters. The highest BCUT2D eigenvalue weighted by atomic mass is 32.2. The lowest BCUT2D eigenvalue weighted by molar-refractivity contribution is 0.0977. The Kier molecular flexibility index (Phi) is 7.70. The zero-order valence-corrected chi connectivity index (χ0v) is 20.0. The third-order valence-corrected chi connectivity index (χ3v) is 7.18. The van der Waals surface area contributed by atoms with Crippen LogP contribution in [0.15, 0.2) is 87.7 Å². The van der Waals surface area contributed by atoms with Gasteiger partial charge in [0.05, 0.1) is 18.6 Å². The molecule has 176 valence electrons. The fraction of sp³-hybridized carbons (Fsp3) is 0.308. The van der Waals surface area contributed by atoms with Crippen LogP contribution in [-0.4, -0.2) is 53.9 Å². The maximum atomic E-state index is 14.2. The summed E-state index contributed by atoms with van der Waals surface area (Å²) in [6.45, 7) is 6.98. The maximum Gasteiger partial charge on any atom is 0.257 e. The molecular weight excluding hydrogens is 449 g/mol. The molecule has 1 N–H and O–H groups in total. The molecule has 0 radical (unpaired) electrons. The quantitative estimate of drug-likeness (QED) is 0.590. The highest BCUT2D eigenvalue weighted by Gasteiger charge is 2.50. The lowest BCUT2D eigenvalue weighted by Crippen LogP contribution is -2.42. The van der Waals surface area contributed by atoms with E-state index in [0.717, 1.165) is 24.1 Å². The first-order valence-corrected chi connectivity index (χ1v) is 12.3. The van der Waals surface area contributed by atoms with Crippen molar-refractivity contribution in [3.05, 3.63) is 83.8 Å². The molecule has 0 aliphatic carbocycles. The van der Waals surface area contributed by atoms with Crippen LogP contribution in [0.1, 0.15) is 29.3 Å². The van der Waals surface area contributed by atoms with Crippen molar-refractivity contribution < 1.29 is 9.18 Å². The lowest BCUT2D eigenvalue weighted by Gasteiger charge is -2.35. The summed E-state index contributed by atoms with van der Waals surface area (Å²) < 4.78 is 14.2. The number of hydrogen-bond acceptors (Lipinski definition) is 6. The number of halogens is 1. The normalized spacial score (nSPS) is 23.2. The van der Waals surface area contributed by atoms with Gasteiger partial charge in [0.2, 0.25) is 0 Å². The molecule has 6 nitrogen and oxygen atoms in total. The molecule has 0 spiro atoms. The van der Waals surface area contributed by atoms with Gasteiger partial charge in [-0.3, -0.25) is 19.7 Å². The highest BCUT2D eigenvalue weighted by Crippen LogP contribution is 2.45. The van der Waals surface area contributed by atoms with Crippen LogP contribution in [0.4, 0.5) is 4.39 Å². The first kappa shape index (κ1) is 24.0. The number of allylic oxidation sites excluding steroid dienone is 1.